The van der Waals surface area contributed by atoms with E-state index in [0.717, 1.165) is 16.2 Å². The number of fused-ring (bicyclic) bond motifs is 1. The van der Waals surface area contributed by atoms with Crippen LogP contribution in [0.4, 0.5) is 0 Å². The zero-order valence-corrected chi connectivity index (χ0v) is 16.6. The topological polar surface area (TPSA) is 71.4 Å². The van der Waals surface area contributed by atoms with E-state index >= 15 is 0 Å². The van der Waals surface area contributed by atoms with Gasteiger partial charge < -0.3 is 14.4 Å². The third kappa shape index (κ3) is 3.47. The molecule has 0 saturated heterocycles. The average Bonchev–Trinajstić information content (AvgIpc) is 3.45. The molecular formula is C20H21N3O4S. The minimum absolute atomic E-state index is 0.00501. The number of hydrogen-bond acceptors (Lipinski definition) is 6. The highest BCUT2D eigenvalue weighted by Crippen LogP contribution is 2.39. The van der Waals surface area contributed by atoms with Crippen molar-refractivity contribution in [3.8, 4) is 11.5 Å². The first-order valence-corrected chi connectivity index (χ1v) is 10.0. The maximum absolute atomic E-state index is 13.0. The Hall–Kier alpha value is -2.87. The third-order valence-corrected chi connectivity index (χ3v) is 5.77. The van der Waals surface area contributed by atoms with Crippen LogP contribution >= 0.6 is 11.3 Å². The van der Waals surface area contributed by atoms with Gasteiger partial charge in [-0.1, -0.05) is 19.1 Å². The van der Waals surface area contributed by atoms with Crippen LogP contribution in [0.2, 0.25) is 0 Å². The first kappa shape index (κ1) is 18.5. The Morgan fingerprint density at radius 3 is 2.86 bits per heavy atom. The van der Waals surface area contributed by atoms with Gasteiger partial charge in [-0.05, 0) is 29.1 Å². The number of hydrazone groups is 1. The van der Waals surface area contributed by atoms with Crippen LogP contribution in [0.5, 0.6) is 11.5 Å². The second-order valence-electron chi connectivity index (χ2n) is 6.70. The number of thiophene rings is 1. The molecule has 2 aromatic rings. The van der Waals surface area contributed by atoms with Gasteiger partial charge in [-0.3, -0.25) is 9.59 Å². The zero-order chi connectivity index (χ0) is 19.7. The fraction of sp³-hybridized carbons (Fsp3) is 0.350. The summed E-state index contributed by atoms with van der Waals surface area (Å²) < 4.78 is 10.9. The van der Waals surface area contributed by atoms with Gasteiger partial charge in [0.25, 0.3) is 5.91 Å². The summed E-state index contributed by atoms with van der Waals surface area (Å²) in [6, 6.07) is 9.42. The predicted molar refractivity (Wildman–Crippen MR) is 106 cm³/mol. The van der Waals surface area contributed by atoms with E-state index in [1.165, 1.54) is 9.91 Å². The molecule has 8 heteroatoms. The monoisotopic (exact) mass is 399 g/mol. The molecule has 0 radical (unpaired) electrons. The fourth-order valence-corrected chi connectivity index (χ4v) is 4.07. The van der Waals surface area contributed by atoms with Crippen molar-refractivity contribution in [1.82, 2.24) is 9.91 Å². The van der Waals surface area contributed by atoms with Gasteiger partial charge in [-0.25, -0.2) is 5.01 Å². The predicted octanol–water partition coefficient (Wildman–Crippen LogP) is 3.02. The minimum atomic E-state index is -0.246. The molecule has 28 heavy (non-hydrogen) atoms. The average molecular weight is 399 g/mol. The number of carbonyl (C=O) groups is 2. The van der Waals surface area contributed by atoms with Gasteiger partial charge in [0, 0.05) is 19.9 Å². The molecule has 0 aliphatic carbocycles. The molecule has 0 unspecified atom stereocenters. The molecule has 0 spiro atoms. The lowest BCUT2D eigenvalue weighted by molar-refractivity contribution is -0.140. The molecule has 1 atom stereocenters. The first-order chi connectivity index (χ1) is 13.6. The molecule has 7 nitrogen and oxygen atoms in total. The summed E-state index contributed by atoms with van der Waals surface area (Å²) in [5.74, 6) is 1.09. The number of ether oxygens (including phenoxy) is 2. The Morgan fingerprint density at radius 1 is 1.29 bits per heavy atom. The molecule has 0 N–H and O–H groups in total. The Balaban J connectivity index is 1.62. The van der Waals surface area contributed by atoms with Crippen LogP contribution in [0.25, 0.3) is 0 Å². The molecule has 2 aliphatic heterocycles. The fourth-order valence-electron chi connectivity index (χ4n) is 3.35. The molecule has 0 saturated carbocycles. The van der Waals surface area contributed by atoms with Crippen molar-refractivity contribution in [2.24, 2.45) is 5.10 Å². The van der Waals surface area contributed by atoms with Crippen LogP contribution in [0.15, 0.2) is 40.8 Å². The van der Waals surface area contributed by atoms with Crippen molar-refractivity contribution in [2.45, 2.75) is 25.8 Å². The van der Waals surface area contributed by atoms with E-state index in [9.17, 15) is 9.59 Å². The lowest BCUT2D eigenvalue weighted by atomic mass is 10.0. The van der Waals surface area contributed by atoms with E-state index in [-0.39, 0.29) is 31.2 Å². The summed E-state index contributed by atoms with van der Waals surface area (Å²) in [7, 11) is 1.64. The van der Waals surface area contributed by atoms with Gasteiger partial charge in [-0.2, -0.15) is 5.10 Å². The zero-order valence-electron chi connectivity index (χ0n) is 15.8. The van der Waals surface area contributed by atoms with Gasteiger partial charge >= 0.3 is 0 Å². The Kier molecular flexibility index (Phi) is 5.04. The molecule has 2 amide bonds. The second-order valence-corrected chi connectivity index (χ2v) is 7.65. The highest BCUT2D eigenvalue weighted by atomic mass is 32.1. The molecule has 4 rings (SSSR count). The number of benzene rings is 1. The van der Waals surface area contributed by atoms with E-state index in [2.05, 4.69) is 5.10 Å². The molecule has 1 aromatic heterocycles. The van der Waals surface area contributed by atoms with E-state index in [1.54, 1.807) is 25.3 Å². The molecule has 1 aromatic carbocycles. The maximum Gasteiger partial charge on any atom is 0.262 e. The van der Waals surface area contributed by atoms with Crippen molar-refractivity contribution < 1.29 is 19.1 Å². The SMILES string of the molecule is CCC(=O)N(C)CC(=O)N1N=C(c2cccs2)C[C@H]1c1ccc2c(c1)OCO2. The summed E-state index contributed by atoms with van der Waals surface area (Å²) in [4.78, 5) is 27.3. The van der Waals surface area contributed by atoms with Crippen molar-refractivity contribution in [1.29, 1.82) is 0 Å². The largest absolute Gasteiger partial charge is 0.454 e. The highest BCUT2D eigenvalue weighted by Gasteiger charge is 2.35. The lowest BCUT2D eigenvalue weighted by Crippen LogP contribution is -2.38. The van der Waals surface area contributed by atoms with Crippen molar-refractivity contribution in [3.63, 3.8) is 0 Å². The highest BCUT2D eigenvalue weighted by molar-refractivity contribution is 7.12. The summed E-state index contributed by atoms with van der Waals surface area (Å²) in [6.45, 7) is 1.98. The Morgan fingerprint density at radius 2 is 2.11 bits per heavy atom. The van der Waals surface area contributed by atoms with Crippen LogP contribution in [0.3, 0.4) is 0 Å². The summed E-state index contributed by atoms with van der Waals surface area (Å²) in [5.41, 5.74) is 1.80. The Labute approximate surface area is 167 Å². The van der Waals surface area contributed by atoms with Crippen molar-refractivity contribution in [3.05, 3.63) is 46.2 Å². The quantitative estimate of drug-likeness (QED) is 0.775. The third-order valence-electron chi connectivity index (χ3n) is 4.85. The van der Waals surface area contributed by atoms with E-state index in [1.807, 2.05) is 35.7 Å². The van der Waals surface area contributed by atoms with Gasteiger partial charge in [0.15, 0.2) is 11.5 Å². The number of rotatable bonds is 5. The normalized spacial score (nSPS) is 17.6. The smallest absolute Gasteiger partial charge is 0.262 e. The molecule has 2 aliphatic rings. The number of carbonyl (C=O) groups excluding carboxylic acids is 2. The van der Waals surface area contributed by atoms with E-state index in [4.69, 9.17) is 9.47 Å². The van der Waals surface area contributed by atoms with E-state index < -0.39 is 0 Å². The van der Waals surface area contributed by atoms with Crippen LogP contribution < -0.4 is 9.47 Å². The molecule has 0 bridgehead atoms. The molecule has 0 fully saturated rings. The van der Waals surface area contributed by atoms with Gasteiger partial charge in [0.2, 0.25) is 12.7 Å². The summed E-state index contributed by atoms with van der Waals surface area (Å²) in [6.07, 6.45) is 0.969. The standard InChI is InChI=1S/C20H21N3O4S/c1-3-19(24)22(2)11-20(25)23-15(10-14(21-23)18-5-4-8-28-18)13-6-7-16-17(9-13)27-12-26-16/h4-9,15H,3,10-12H2,1-2H3/t15-/m0/s1. The number of likely N-dealkylation sites (N-methyl/N-ethyl adjacent to an activating group) is 1. The van der Waals surface area contributed by atoms with Crippen molar-refractivity contribution in [2.75, 3.05) is 20.4 Å². The minimum Gasteiger partial charge on any atom is -0.454 e. The van der Waals surface area contributed by atoms with Gasteiger partial charge in [-0.15, -0.1) is 11.3 Å². The van der Waals surface area contributed by atoms with Crippen LogP contribution in [0, 0.1) is 0 Å². The van der Waals surface area contributed by atoms with E-state index in [0.29, 0.717) is 24.3 Å². The van der Waals surface area contributed by atoms with Crippen molar-refractivity contribution >= 4 is 28.9 Å². The summed E-state index contributed by atoms with van der Waals surface area (Å²) >= 11 is 1.60. The summed E-state index contributed by atoms with van der Waals surface area (Å²) in [5, 5.41) is 8.12. The van der Waals surface area contributed by atoms with Gasteiger partial charge in [0.05, 0.1) is 16.6 Å². The van der Waals surface area contributed by atoms with Crippen LogP contribution in [0.1, 0.15) is 36.2 Å². The van der Waals surface area contributed by atoms with Gasteiger partial charge in [0.1, 0.15) is 6.54 Å². The maximum atomic E-state index is 13.0. The van der Waals surface area contributed by atoms with Crippen LogP contribution in [-0.4, -0.2) is 47.8 Å². The number of amides is 2. The lowest BCUT2D eigenvalue weighted by Gasteiger charge is -2.25. The van der Waals surface area contributed by atoms with Crippen LogP contribution in [-0.2, 0) is 9.59 Å². The Bertz CT molecular complexity index is 926. The number of hydrogen-bond donors (Lipinski definition) is 0. The molecule has 146 valence electrons. The molecular weight excluding hydrogens is 378 g/mol. The molecule has 3 heterocycles. The number of nitrogens with zero attached hydrogens (tertiary/aromatic N) is 3. The first-order valence-electron chi connectivity index (χ1n) is 9.13. The second kappa shape index (κ2) is 7.63.